The second kappa shape index (κ2) is 8.04. The van der Waals surface area contributed by atoms with E-state index in [0.29, 0.717) is 53.0 Å². The zero-order valence-electron chi connectivity index (χ0n) is 16.5. The second-order valence-corrected chi connectivity index (χ2v) is 8.03. The van der Waals surface area contributed by atoms with Crippen LogP contribution in [0, 0.1) is 0 Å². The number of nitrogens with one attached hydrogen (secondary N) is 1. The number of imidazole rings is 1. The van der Waals surface area contributed by atoms with E-state index in [9.17, 15) is 0 Å². The van der Waals surface area contributed by atoms with Crippen LogP contribution in [0.4, 0.5) is 17.5 Å². The maximum absolute atomic E-state index is 6.24. The van der Waals surface area contributed by atoms with Crippen molar-refractivity contribution < 1.29 is 0 Å². The third kappa shape index (κ3) is 3.95. The molecule has 0 saturated heterocycles. The van der Waals surface area contributed by atoms with Crippen molar-refractivity contribution in [3.63, 3.8) is 0 Å². The van der Waals surface area contributed by atoms with Gasteiger partial charge < -0.3 is 27.1 Å². The van der Waals surface area contributed by atoms with Crippen molar-refractivity contribution in [2.24, 2.45) is 5.73 Å². The Hall–Kier alpha value is -2.58. The van der Waals surface area contributed by atoms with Gasteiger partial charge in [0.25, 0.3) is 0 Å². The summed E-state index contributed by atoms with van der Waals surface area (Å²) in [5.74, 6) is 1.75. The van der Waals surface area contributed by atoms with E-state index >= 15 is 0 Å². The van der Waals surface area contributed by atoms with E-state index in [0.717, 1.165) is 42.7 Å². The summed E-state index contributed by atoms with van der Waals surface area (Å²) in [6, 6.07) is 6.23. The lowest BCUT2D eigenvalue weighted by atomic mass is 9.92. The number of nitrogen functional groups attached to an aromatic ring is 2. The molecule has 0 bridgehead atoms. The van der Waals surface area contributed by atoms with Crippen LogP contribution in [0.5, 0.6) is 0 Å². The molecular weight excluding hydrogens is 388 g/mol. The van der Waals surface area contributed by atoms with Crippen molar-refractivity contribution in [2.75, 3.05) is 16.8 Å². The number of hydrogen-bond acceptors (Lipinski definition) is 7. The van der Waals surface area contributed by atoms with Crippen molar-refractivity contribution in [2.45, 2.75) is 57.7 Å². The molecule has 8 nitrogen and oxygen atoms in total. The van der Waals surface area contributed by atoms with Crippen LogP contribution in [0.3, 0.4) is 0 Å². The molecule has 0 radical (unpaired) electrons. The fourth-order valence-corrected chi connectivity index (χ4v) is 4.15. The number of hydrogen-bond donors (Lipinski definition) is 4. The lowest BCUT2D eigenvalue weighted by Gasteiger charge is -2.26. The highest BCUT2D eigenvalue weighted by Gasteiger charge is 2.21. The molecule has 1 fully saturated rings. The van der Waals surface area contributed by atoms with E-state index < -0.39 is 0 Å². The molecule has 2 heterocycles. The number of nitrogens with zero attached hydrogens (tertiary/aromatic N) is 4. The Kier molecular flexibility index (Phi) is 5.47. The van der Waals surface area contributed by atoms with Gasteiger partial charge in [-0.25, -0.2) is 4.98 Å². The maximum atomic E-state index is 6.24. The van der Waals surface area contributed by atoms with Crippen LogP contribution in [0.2, 0.25) is 5.02 Å². The number of para-hydroxylation sites is 1. The van der Waals surface area contributed by atoms with E-state index in [1.54, 1.807) is 6.07 Å². The zero-order chi connectivity index (χ0) is 20.5. The smallest absolute Gasteiger partial charge is 0.226 e. The number of aryl methyl sites for hydroxylation is 1. The average Bonchev–Trinajstić information content (AvgIpc) is 3.05. The molecule has 7 N–H and O–H groups in total. The van der Waals surface area contributed by atoms with Gasteiger partial charge in [0.2, 0.25) is 5.95 Å². The van der Waals surface area contributed by atoms with Gasteiger partial charge in [0.15, 0.2) is 17.0 Å². The monoisotopic (exact) mass is 414 g/mol. The topological polar surface area (TPSA) is 134 Å². The highest BCUT2D eigenvalue weighted by Crippen LogP contribution is 2.28. The zero-order valence-corrected chi connectivity index (χ0v) is 17.3. The van der Waals surface area contributed by atoms with Gasteiger partial charge in [0.1, 0.15) is 5.82 Å². The number of fused-ring (bicyclic) bond motifs is 1. The summed E-state index contributed by atoms with van der Waals surface area (Å²) >= 11 is 6.17. The molecule has 29 heavy (non-hydrogen) atoms. The quantitative estimate of drug-likeness (QED) is 0.471. The highest BCUT2D eigenvalue weighted by atomic mass is 35.5. The molecule has 3 aromatic rings. The first-order chi connectivity index (χ1) is 14.0. The van der Waals surface area contributed by atoms with Crippen LogP contribution in [0.1, 0.15) is 44.0 Å². The van der Waals surface area contributed by atoms with Crippen LogP contribution in [0.25, 0.3) is 11.2 Å². The summed E-state index contributed by atoms with van der Waals surface area (Å²) in [4.78, 5) is 13.9. The van der Waals surface area contributed by atoms with Gasteiger partial charge in [-0.05, 0) is 44.2 Å². The van der Waals surface area contributed by atoms with Gasteiger partial charge in [-0.3, -0.25) is 0 Å². The van der Waals surface area contributed by atoms with E-state index in [1.165, 1.54) is 0 Å². The first-order valence-electron chi connectivity index (χ1n) is 10.0. The van der Waals surface area contributed by atoms with Crippen molar-refractivity contribution in [3.8, 4) is 0 Å². The summed E-state index contributed by atoms with van der Waals surface area (Å²) in [5.41, 5.74) is 21.2. The molecule has 1 aliphatic rings. The Morgan fingerprint density at radius 1 is 1.14 bits per heavy atom. The molecule has 9 heteroatoms. The second-order valence-electron chi connectivity index (χ2n) is 7.62. The lowest BCUT2D eigenvalue weighted by Crippen LogP contribution is -2.33. The first-order valence-corrected chi connectivity index (χ1v) is 10.4. The van der Waals surface area contributed by atoms with Gasteiger partial charge in [-0.1, -0.05) is 23.7 Å². The van der Waals surface area contributed by atoms with Gasteiger partial charge in [0.05, 0.1) is 10.7 Å². The normalized spacial score (nSPS) is 19.6. The molecule has 4 rings (SSSR count). The number of benzene rings is 1. The van der Waals surface area contributed by atoms with Crippen molar-refractivity contribution in [1.29, 1.82) is 0 Å². The number of aromatic nitrogens is 4. The van der Waals surface area contributed by atoms with Crippen molar-refractivity contribution in [3.05, 3.63) is 34.6 Å². The number of rotatable bonds is 5. The van der Waals surface area contributed by atoms with E-state index in [1.807, 2.05) is 12.1 Å². The number of halogens is 1. The SMILES string of the molecule is CCn1c(Cc2cccc(Cl)c2N)nc2c(N)nc(NC3CCC(N)CC3)nc21. The summed E-state index contributed by atoms with van der Waals surface area (Å²) in [6.45, 7) is 2.76. The summed E-state index contributed by atoms with van der Waals surface area (Å²) in [6.07, 6.45) is 4.57. The predicted octanol–water partition coefficient (Wildman–Crippen LogP) is 2.94. The molecule has 2 aromatic heterocycles. The standard InChI is InChI=1S/C20H27ClN8/c1-2-29-15(10-11-4-3-5-14(21)16(11)23)26-17-18(24)27-20(28-19(17)29)25-13-8-6-12(22)7-9-13/h3-5,12-13H,2,6-10,22-23H2,1H3,(H3,24,25,27,28). The molecule has 0 unspecified atom stereocenters. The minimum atomic E-state index is 0.296. The minimum absolute atomic E-state index is 0.296. The first kappa shape index (κ1) is 19.7. The average molecular weight is 415 g/mol. The van der Waals surface area contributed by atoms with E-state index in [2.05, 4.69) is 21.8 Å². The van der Waals surface area contributed by atoms with Crippen LogP contribution in [-0.2, 0) is 13.0 Å². The molecule has 1 saturated carbocycles. The minimum Gasteiger partial charge on any atom is -0.397 e. The molecule has 0 amide bonds. The van der Waals surface area contributed by atoms with Crippen LogP contribution in [0.15, 0.2) is 18.2 Å². The van der Waals surface area contributed by atoms with Gasteiger partial charge in [0, 0.05) is 25.0 Å². The third-order valence-corrected chi connectivity index (χ3v) is 5.94. The van der Waals surface area contributed by atoms with Gasteiger partial charge in [-0.15, -0.1) is 0 Å². The Balaban J connectivity index is 1.67. The summed E-state index contributed by atoms with van der Waals surface area (Å²) < 4.78 is 2.05. The summed E-state index contributed by atoms with van der Waals surface area (Å²) in [7, 11) is 0. The predicted molar refractivity (Wildman–Crippen MR) is 118 cm³/mol. The Morgan fingerprint density at radius 2 is 1.90 bits per heavy atom. The van der Waals surface area contributed by atoms with Crippen LogP contribution in [-0.4, -0.2) is 31.6 Å². The molecule has 1 aromatic carbocycles. The number of nitrogens with two attached hydrogens (primary N) is 3. The fraction of sp³-hybridized carbons (Fsp3) is 0.450. The van der Waals surface area contributed by atoms with E-state index in [4.69, 9.17) is 38.8 Å². The summed E-state index contributed by atoms with van der Waals surface area (Å²) in [5, 5.41) is 3.97. The third-order valence-electron chi connectivity index (χ3n) is 5.61. The van der Waals surface area contributed by atoms with Gasteiger partial charge >= 0.3 is 0 Å². The number of anilines is 3. The fourth-order valence-electron chi connectivity index (χ4n) is 3.95. The highest BCUT2D eigenvalue weighted by molar-refractivity contribution is 6.33. The van der Waals surface area contributed by atoms with Gasteiger partial charge in [-0.2, -0.15) is 9.97 Å². The van der Waals surface area contributed by atoms with Crippen molar-refractivity contribution in [1.82, 2.24) is 19.5 Å². The molecule has 0 atom stereocenters. The lowest BCUT2D eigenvalue weighted by molar-refractivity contribution is 0.410. The Morgan fingerprint density at radius 3 is 2.62 bits per heavy atom. The Labute approximate surface area is 174 Å². The molecule has 154 valence electrons. The van der Waals surface area contributed by atoms with E-state index in [-0.39, 0.29) is 0 Å². The molecule has 0 spiro atoms. The largest absolute Gasteiger partial charge is 0.397 e. The van der Waals surface area contributed by atoms with Crippen LogP contribution >= 0.6 is 11.6 Å². The maximum Gasteiger partial charge on any atom is 0.226 e. The van der Waals surface area contributed by atoms with Crippen LogP contribution < -0.4 is 22.5 Å². The molecule has 1 aliphatic carbocycles. The Bertz CT molecular complexity index is 1020. The van der Waals surface area contributed by atoms with Crippen molar-refractivity contribution >= 4 is 40.2 Å². The molecular formula is C20H27ClN8. The molecule has 0 aliphatic heterocycles.